The number of rotatable bonds is 2. The standard InChI is InChI=1S/C11H18O3/c1-14-11(13)10-4-8-2-7(6-12)3-9(8)5-10/h7-10,12H,2-6H2,1H3. The lowest BCUT2D eigenvalue weighted by atomic mass is 9.99. The van der Waals surface area contributed by atoms with Crippen LogP contribution in [0.4, 0.5) is 0 Å². The molecule has 14 heavy (non-hydrogen) atoms. The summed E-state index contributed by atoms with van der Waals surface area (Å²) < 4.78 is 4.76. The van der Waals surface area contributed by atoms with Gasteiger partial charge < -0.3 is 9.84 Å². The number of methoxy groups -OCH3 is 1. The third-order valence-electron chi connectivity index (χ3n) is 3.91. The van der Waals surface area contributed by atoms with Crippen molar-refractivity contribution in [2.45, 2.75) is 25.7 Å². The first-order chi connectivity index (χ1) is 6.74. The molecule has 0 saturated heterocycles. The van der Waals surface area contributed by atoms with Gasteiger partial charge in [-0.2, -0.15) is 0 Å². The number of ether oxygens (including phenoxy) is 1. The number of hydrogen-bond donors (Lipinski definition) is 1. The van der Waals surface area contributed by atoms with Crippen LogP contribution in [0.25, 0.3) is 0 Å². The summed E-state index contributed by atoms with van der Waals surface area (Å²) in [5.41, 5.74) is 0. The van der Waals surface area contributed by atoms with Gasteiger partial charge in [-0.05, 0) is 43.4 Å². The minimum Gasteiger partial charge on any atom is -0.469 e. The molecule has 0 aromatic carbocycles. The number of hydrogen-bond acceptors (Lipinski definition) is 3. The summed E-state index contributed by atoms with van der Waals surface area (Å²) in [5.74, 6) is 1.91. The highest BCUT2D eigenvalue weighted by atomic mass is 16.5. The van der Waals surface area contributed by atoms with Crippen molar-refractivity contribution in [3.05, 3.63) is 0 Å². The van der Waals surface area contributed by atoms with E-state index in [-0.39, 0.29) is 11.9 Å². The lowest BCUT2D eigenvalue weighted by Crippen LogP contribution is -2.14. The van der Waals surface area contributed by atoms with Crippen molar-refractivity contribution in [2.75, 3.05) is 13.7 Å². The summed E-state index contributed by atoms with van der Waals surface area (Å²) in [6, 6.07) is 0. The zero-order valence-corrected chi connectivity index (χ0v) is 8.61. The molecule has 2 fully saturated rings. The molecule has 2 atom stereocenters. The summed E-state index contributed by atoms with van der Waals surface area (Å²) in [6.07, 6.45) is 4.17. The van der Waals surface area contributed by atoms with E-state index in [1.165, 1.54) is 7.11 Å². The fourth-order valence-electron chi connectivity index (χ4n) is 3.25. The van der Waals surface area contributed by atoms with Gasteiger partial charge in [-0.1, -0.05) is 0 Å². The molecule has 2 unspecified atom stereocenters. The molecule has 0 bridgehead atoms. The summed E-state index contributed by atoms with van der Waals surface area (Å²) in [6.45, 7) is 0.315. The third-order valence-corrected chi connectivity index (χ3v) is 3.91. The van der Waals surface area contributed by atoms with Gasteiger partial charge in [0.15, 0.2) is 0 Å². The first-order valence-corrected chi connectivity index (χ1v) is 5.43. The van der Waals surface area contributed by atoms with E-state index in [1.54, 1.807) is 0 Å². The highest BCUT2D eigenvalue weighted by Gasteiger charge is 2.43. The zero-order valence-electron chi connectivity index (χ0n) is 8.61. The molecule has 3 heteroatoms. The number of aliphatic hydroxyl groups is 1. The fraction of sp³-hybridized carbons (Fsp3) is 0.909. The molecular formula is C11H18O3. The summed E-state index contributed by atoms with van der Waals surface area (Å²) in [7, 11) is 1.47. The first-order valence-electron chi connectivity index (χ1n) is 5.43. The second-order valence-corrected chi connectivity index (χ2v) is 4.73. The molecule has 2 aliphatic rings. The minimum absolute atomic E-state index is 0.0417. The number of esters is 1. The van der Waals surface area contributed by atoms with E-state index in [9.17, 15) is 4.79 Å². The van der Waals surface area contributed by atoms with E-state index in [2.05, 4.69) is 0 Å². The normalized spacial score (nSPS) is 41.0. The Morgan fingerprint density at radius 2 is 1.86 bits per heavy atom. The van der Waals surface area contributed by atoms with Crippen molar-refractivity contribution in [3.63, 3.8) is 0 Å². The van der Waals surface area contributed by atoms with Crippen molar-refractivity contribution >= 4 is 5.97 Å². The molecule has 0 aromatic heterocycles. The monoisotopic (exact) mass is 198 g/mol. The summed E-state index contributed by atoms with van der Waals surface area (Å²) in [4.78, 5) is 11.3. The third kappa shape index (κ3) is 1.65. The average molecular weight is 198 g/mol. The average Bonchev–Trinajstić information content (AvgIpc) is 2.72. The van der Waals surface area contributed by atoms with Gasteiger partial charge in [-0.25, -0.2) is 0 Å². The molecule has 0 heterocycles. The first kappa shape index (κ1) is 9.97. The van der Waals surface area contributed by atoms with Gasteiger partial charge in [0.05, 0.1) is 13.0 Å². The Kier molecular flexibility index (Phi) is 2.77. The lowest BCUT2D eigenvalue weighted by molar-refractivity contribution is -0.145. The molecule has 0 spiro atoms. The van der Waals surface area contributed by atoms with Crippen LogP contribution in [0.15, 0.2) is 0 Å². The topological polar surface area (TPSA) is 46.5 Å². The summed E-state index contributed by atoms with van der Waals surface area (Å²) in [5, 5.41) is 9.05. The van der Waals surface area contributed by atoms with Gasteiger partial charge in [0.25, 0.3) is 0 Å². The number of aliphatic hydroxyl groups excluding tert-OH is 1. The van der Waals surface area contributed by atoms with Crippen LogP contribution in [0.5, 0.6) is 0 Å². The smallest absolute Gasteiger partial charge is 0.308 e. The van der Waals surface area contributed by atoms with Crippen molar-refractivity contribution in [1.29, 1.82) is 0 Å². The maximum Gasteiger partial charge on any atom is 0.308 e. The van der Waals surface area contributed by atoms with Gasteiger partial charge >= 0.3 is 5.97 Å². The molecule has 1 N–H and O–H groups in total. The number of carbonyl (C=O) groups is 1. The molecule has 2 saturated carbocycles. The highest BCUT2D eigenvalue weighted by Crippen LogP contribution is 2.49. The molecule has 0 radical (unpaired) electrons. The van der Waals surface area contributed by atoms with Crippen LogP contribution in [-0.2, 0) is 9.53 Å². The van der Waals surface area contributed by atoms with E-state index in [0.29, 0.717) is 24.4 Å². The van der Waals surface area contributed by atoms with E-state index in [0.717, 1.165) is 25.7 Å². The van der Waals surface area contributed by atoms with Crippen LogP contribution in [0.2, 0.25) is 0 Å². The Hall–Kier alpha value is -0.570. The van der Waals surface area contributed by atoms with Crippen LogP contribution >= 0.6 is 0 Å². The molecule has 0 aromatic rings. The molecule has 0 amide bonds. The predicted molar refractivity (Wildman–Crippen MR) is 51.5 cm³/mol. The van der Waals surface area contributed by atoms with E-state index >= 15 is 0 Å². The maximum absolute atomic E-state index is 11.3. The van der Waals surface area contributed by atoms with E-state index in [1.807, 2.05) is 0 Å². The quantitative estimate of drug-likeness (QED) is 0.678. The van der Waals surface area contributed by atoms with Crippen LogP contribution in [0.3, 0.4) is 0 Å². The number of fused-ring (bicyclic) bond motifs is 1. The van der Waals surface area contributed by atoms with Crippen LogP contribution in [0.1, 0.15) is 25.7 Å². The van der Waals surface area contributed by atoms with Crippen molar-refractivity contribution in [3.8, 4) is 0 Å². The maximum atomic E-state index is 11.3. The highest BCUT2D eigenvalue weighted by molar-refractivity contribution is 5.72. The van der Waals surface area contributed by atoms with Crippen LogP contribution in [0, 0.1) is 23.7 Å². The van der Waals surface area contributed by atoms with Crippen molar-refractivity contribution < 1.29 is 14.6 Å². The Morgan fingerprint density at radius 3 is 2.29 bits per heavy atom. The summed E-state index contributed by atoms with van der Waals surface area (Å²) >= 11 is 0. The molecule has 0 aliphatic heterocycles. The van der Waals surface area contributed by atoms with Crippen molar-refractivity contribution in [1.82, 2.24) is 0 Å². The Balaban J connectivity index is 1.90. The van der Waals surface area contributed by atoms with Gasteiger partial charge in [-0.15, -0.1) is 0 Å². The second kappa shape index (κ2) is 3.89. The van der Waals surface area contributed by atoms with Gasteiger partial charge in [0.2, 0.25) is 0 Å². The molecule has 2 aliphatic carbocycles. The number of carbonyl (C=O) groups excluding carboxylic acids is 1. The van der Waals surface area contributed by atoms with Crippen LogP contribution < -0.4 is 0 Å². The zero-order chi connectivity index (χ0) is 10.1. The minimum atomic E-state index is -0.0417. The molecule has 80 valence electrons. The molecular weight excluding hydrogens is 180 g/mol. The predicted octanol–water partition coefficient (Wildman–Crippen LogP) is 1.20. The van der Waals surface area contributed by atoms with Crippen molar-refractivity contribution in [2.24, 2.45) is 23.7 Å². The SMILES string of the molecule is COC(=O)C1CC2CC(CO)CC2C1. The molecule has 3 nitrogen and oxygen atoms in total. The van der Waals surface area contributed by atoms with Crippen LogP contribution in [-0.4, -0.2) is 24.8 Å². The Labute approximate surface area is 84.4 Å². The second-order valence-electron chi connectivity index (χ2n) is 4.73. The van der Waals surface area contributed by atoms with E-state index < -0.39 is 0 Å². The van der Waals surface area contributed by atoms with Gasteiger partial charge in [-0.3, -0.25) is 4.79 Å². The Bertz CT molecular complexity index is 213. The lowest BCUT2D eigenvalue weighted by Gasteiger charge is -2.10. The largest absolute Gasteiger partial charge is 0.469 e. The van der Waals surface area contributed by atoms with Gasteiger partial charge in [0.1, 0.15) is 0 Å². The van der Waals surface area contributed by atoms with E-state index in [4.69, 9.17) is 9.84 Å². The Morgan fingerprint density at radius 1 is 1.29 bits per heavy atom. The molecule has 2 rings (SSSR count). The fourth-order valence-corrected chi connectivity index (χ4v) is 3.25. The van der Waals surface area contributed by atoms with Gasteiger partial charge in [0, 0.05) is 6.61 Å².